The third-order valence-electron chi connectivity index (χ3n) is 2.45. The van der Waals surface area contributed by atoms with Crippen molar-refractivity contribution in [2.24, 2.45) is 5.73 Å². The number of nitrogens with one attached hydrogen (secondary N) is 2. The Labute approximate surface area is 107 Å². The largest absolute Gasteiger partial charge is 0.389 e. The highest BCUT2D eigenvalue weighted by molar-refractivity contribution is 7.80. The Morgan fingerprint density at radius 2 is 2.18 bits per heavy atom. The van der Waals surface area contributed by atoms with Crippen molar-refractivity contribution in [3.05, 3.63) is 29.3 Å². The van der Waals surface area contributed by atoms with E-state index >= 15 is 0 Å². The third kappa shape index (κ3) is 4.03. The second-order valence-corrected chi connectivity index (χ2v) is 4.18. The molecule has 1 aromatic rings. The van der Waals surface area contributed by atoms with Crippen LogP contribution in [0.25, 0.3) is 0 Å². The lowest BCUT2D eigenvalue weighted by atomic mass is 10.1. The molecule has 17 heavy (non-hydrogen) atoms. The minimum Gasteiger partial charge on any atom is -0.389 e. The van der Waals surface area contributed by atoms with E-state index < -0.39 is 0 Å². The molecule has 5 heteroatoms. The molecule has 0 bridgehead atoms. The first-order valence-corrected chi connectivity index (χ1v) is 5.80. The number of rotatable bonds is 5. The summed E-state index contributed by atoms with van der Waals surface area (Å²) in [5, 5.41) is 5.75. The van der Waals surface area contributed by atoms with E-state index in [1.165, 1.54) is 0 Å². The third-order valence-corrected chi connectivity index (χ3v) is 2.67. The molecule has 0 aliphatic carbocycles. The SMILES string of the molecule is CNC(=O)CCNc1ccc(C(N)=S)c(C)c1. The molecule has 0 saturated carbocycles. The van der Waals surface area contributed by atoms with Gasteiger partial charge in [0.2, 0.25) is 5.91 Å². The minimum absolute atomic E-state index is 0.0222. The molecule has 0 aromatic heterocycles. The lowest BCUT2D eigenvalue weighted by Crippen LogP contribution is -2.20. The highest BCUT2D eigenvalue weighted by atomic mass is 32.1. The summed E-state index contributed by atoms with van der Waals surface area (Å²) >= 11 is 4.93. The summed E-state index contributed by atoms with van der Waals surface area (Å²) in [4.78, 5) is 11.4. The number of amides is 1. The van der Waals surface area contributed by atoms with Gasteiger partial charge in [-0.15, -0.1) is 0 Å². The zero-order valence-corrected chi connectivity index (χ0v) is 10.9. The van der Waals surface area contributed by atoms with Crippen molar-refractivity contribution >= 4 is 28.8 Å². The number of nitrogens with two attached hydrogens (primary N) is 1. The van der Waals surface area contributed by atoms with Crippen LogP contribution in [-0.2, 0) is 4.79 Å². The van der Waals surface area contributed by atoms with E-state index in [4.69, 9.17) is 18.0 Å². The van der Waals surface area contributed by atoms with Gasteiger partial charge >= 0.3 is 0 Å². The smallest absolute Gasteiger partial charge is 0.221 e. The summed E-state index contributed by atoms with van der Waals surface area (Å²) in [5.41, 5.74) is 8.46. The van der Waals surface area contributed by atoms with Crippen LogP contribution in [0.5, 0.6) is 0 Å². The van der Waals surface area contributed by atoms with Crippen molar-refractivity contribution in [3.8, 4) is 0 Å². The van der Waals surface area contributed by atoms with Gasteiger partial charge in [-0.3, -0.25) is 4.79 Å². The molecule has 92 valence electrons. The molecular weight excluding hydrogens is 234 g/mol. The molecule has 0 spiro atoms. The summed E-state index contributed by atoms with van der Waals surface area (Å²) in [5.74, 6) is 0.0222. The molecule has 0 radical (unpaired) electrons. The van der Waals surface area contributed by atoms with Gasteiger partial charge in [-0.1, -0.05) is 12.2 Å². The van der Waals surface area contributed by atoms with Crippen molar-refractivity contribution < 1.29 is 4.79 Å². The first-order chi connectivity index (χ1) is 8.04. The monoisotopic (exact) mass is 251 g/mol. The van der Waals surface area contributed by atoms with Crippen LogP contribution in [0, 0.1) is 6.92 Å². The Kier molecular flexibility index (Phi) is 4.90. The van der Waals surface area contributed by atoms with Gasteiger partial charge in [-0.05, 0) is 30.7 Å². The van der Waals surface area contributed by atoms with E-state index in [9.17, 15) is 4.79 Å². The molecule has 1 amide bonds. The highest BCUT2D eigenvalue weighted by Crippen LogP contribution is 2.15. The van der Waals surface area contributed by atoms with Crippen LogP contribution in [0.4, 0.5) is 5.69 Å². The molecule has 4 N–H and O–H groups in total. The van der Waals surface area contributed by atoms with Gasteiger partial charge in [-0.2, -0.15) is 0 Å². The zero-order chi connectivity index (χ0) is 12.8. The van der Waals surface area contributed by atoms with Crippen LogP contribution in [0.15, 0.2) is 18.2 Å². The van der Waals surface area contributed by atoms with E-state index in [0.29, 0.717) is 18.0 Å². The second kappa shape index (κ2) is 6.20. The van der Waals surface area contributed by atoms with E-state index in [2.05, 4.69) is 10.6 Å². The molecule has 0 aliphatic heterocycles. The maximum absolute atomic E-state index is 11.0. The summed E-state index contributed by atoms with van der Waals surface area (Å²) in [6, 6.07) is 5.77. The van der Waals surface area contributed by atoms with Crippen LogP contribution in [0.2, 0.25) is 0 Å². The van der Waals surface area contributed by atoms with Gasteiger partial charge < -0.3 is 16.4 Å². The zero-order valence-electron chi connectivity index (χ0n) is 10.0. The van der Waals surface area contributed by atoms with E-state index in [0.717, 1.165) is 16.8 Å². The standard InChI is InChI=1S/C12H17N3OS/c1-8-7-9(3-4-10(8)12(13)17)15-6-5-11(16)14-2/h3-4,7,15H,5-6H2,1-2H3,(H2,13,17)(H,14,16). The number of benzene rings is 1. The van der Waals surface area contributed by atoms with Gasteiger partial charge in [0.25, 0.3) is 0 Å². The van der Waals surface area contributed by atoms with Crippen molar-refractivity contribution in [1.82, 2.24) is 5.32 Å². The number of hydrogen-bond donors (Lipinski definition) is 3. The summed E-state index contributed by atoms with van der Waals surface area (Å²) in [6.45, 7) is 2.56. The molecule has 0 heterocycles. The van der Waals surface area contributed by atoms with Crippen LogP contribution in [0.1, 0.15) is 17.5 Å². The van der Waals surface area contributed by atoms with Crippen LogP contribution >= 0.6 is 12.2 Å². The molecule has 0 unspecified atom stereocenters. The molecule has 0 fully saturated rings. The lowest BCUT2D eigenvalue weighted by Gasteiger charge is -2.09. The van der Waals surface area contributed by atoms with Gasteiger partial charge in [0.1, 0.15) is 4.99 Å². The number of thiocarbonyl (C=S) groups is 1. The second-order valence-electron chi connectivity index (χ2n) is 3.74. The topological polar surface area (TPSA) is 67.2 Å². The molecule has 0 aliphatic rings. The predicted octanol–water partition coefficient (Wildman–Crippen LogP) is 1.18. The summed E-state index contributed by atoms with van der Waals surface area (Å²) in [7, 11) is 1.63. The number of carbonyl (C=O) groups excluding carboxylic acids is 1. The van der Waals surface area contributed by atoms with Gasteiger partial charge in [0.05, 0.1) is 0 Å². The Morgan fingerprint density at radius 1 is 1.47 bits per heavy atom. The van der Waals surface area contributed by atoms with Crippen LogP contribution < -0.4 is 16.4 Å². The van der Waals surface area contributed by atoms with Crippen molar-refractivity contribution in [1.29, 1.82) is 0 Å². The summed E-state index contributed by atoms with van der Waals surface area (Å²) < 4.78 is 0. The molecule has 0 saturated heterocycles. The Hall–Kier alpha value is -1.62. The van der Waals surface area contributed by atoms with Crippen molar-refractivity contribution in [2.75, 3.05) is 18.9 Å². The number of aryl methyl sites for hydroxylation is 1. The van der Waals surface area contributed by atoms with E-state index in [1.807, 2.05) is 25.1 Å². The normalized spacial score (nSPS) is 9.76. The van der Waals surface area contributed by atoms with Crippen LogP contribution in [0.3, 0.4) is 0 Å². The quantitative estimate of drug-likeness (QED) is 0.687. The van der Waals surface area contributed by atoms with Gasteiger partial charge in [0, 0.05) is 31.3 Å². The average Bonchev–Trinajstić information content (AvgIpc) is 2.28. The fraction of sp³-hybridized carbons (Fsp3) is 0.333. The highest BCUT2D eigenvalue weighted by Gasteiger charge is 2.03. The lowest BCUT2D eigenvalue weighted by molar-refractivity contribution is -0.120. The van der Waals surface area contributed by atoms with Gasteiger partial charge in [0.15, 0.2) is 0 Å². The first kappa shape index (κ1) is 13.4. The molecule has 1 rings (SSSR count). The maximum Gasteiger partial charge on any atom is 0.221 e. The number of carbonyl (C=O) groups is 1. The molecular formula is C12H17N3OS. The van der Waals surface area contributed by atoms with Crippen molar-refractivity contribution in [2.45, 2.75) is 13.3 Å². The maximum atomic E-state index is 11.0. The van der Waals surface area contributed by atoms with Gasteiger partial charge in [-0.25, -0.2) is 0 Å². The average molecular weight is 251 g/mol. The predicted molar refractivity (Wildman–Crippen MR) is 74.2 cm³/mol. The Balaban J connectivity index is 2.59. The summed E-state index contributed by atoms with van der Waals surface area (Å²) in [6.07, 6.45) is 0.451. The minimum atomic E-state index is 0.0222. The molecule has 1 aromatic carbocycles. The van der Waals surface area contributed by atoms with E-state index in [1.54, 1.807) is 7.05 Å². The molecule has 0 atom stereocenters. The Morgan fingerprint density at radius 3 is 2.71 bits per heavy atom. The molecule has 4 nitrogen and oxygen atoms in total. The van der Waals surface area contributed by atoms with Crippen molar-refractivity contribution in [3.63, 3.8) is 0 Å². The number of hydrogen-bond acceptors (Lipinski definition) is 3. The Bertz CT molecular complexity index is 432. The van der Waals surface area contributed by atoms with E-state index in [-0.39, 0.29) is 5.91 Å². The fourth-order valence-electron chi connectivity index (χ4n) is 1.50. The number of anilines is 1. The van der Waals surface area contributed by atoms with Crippen LogP contribution in [-0.4, -0.2) is 24.5 Å². The first-order valence-electron chi connectivity index (χ1n) is 5.39. The fourth-order valence-corrected chi connectivity index (χ4v) is 1.72.